The standard InChI is InChI=1S/C23H27N3O5S/c1-14(13-29-3)26-22(28)19-8-6-7-9-20(19)25-23(26)32-15(2)21(27)24-16-10-17(30-4)12-18(11-16)31-5/h6-12,14-15H,13H2,1-5H3,(H,24,27). The summed E-state index contributed by atoms with van der Waals surface area (Å²) < 4.78 is 17.4. The molecule has 1 amide bonds. The number of ether oxygens (including phenoxy) is 3. The van der Waals surface area contributed by atoms with E-state index in [1.54, 1.807) is 63.2 Å². The first kappa shape index (κ1) is 23.6. The van der Waals surface area contributed by atoms with E-state index in [0.29, 0.717) is 39.9 Å². The summed E-state index contributed by atoms with van der Waals surface area (Å²) in [5.74, 6) is 0.899. The van der Waals surface area contributed by atoms with Gasteiger partial charge in [-0.15, -0.1) is 0 Å². The van der Waals surface area contributed by atoms with Gasteiger partial charge < -0.3 is 19.5 Å². The van der Waals surface area contributed by atoms with E-state index < -0.39 is 5.25 Å². The molecule has 0 saturated carbocycles. The quantitative estimate of drug-likeness (QED) is 0.387. The highest BCUT2D eigenvalue weighted by molar-refractivity contribution is 8.00. The number of thioether (sulfide) groups is 1. The first-order valence-corrected chi connectivity index (χ1v) is 11.0. The molecule has 0 radical (unpaired) electrons. The summed E-state index contributed by atoms with van der Waals surface area (Å²) in [6.45, 7) is 4.00. The molecule has 3 rings (SSSR count). The van der Waals surface area contributed by atoms with Gasteiger partial charge in [-0.05, 0) is 26.0 Å². The second-order valence-corrected chi connectivity index (χ2v) is 8.55. The molecular formula is C23H27N3O5S. The smallest absolute Gasteiger partial charge is 0.262 e. The topological polar surface area (TPSA) is 91.7 Å². The molecule has 0 aliphatic carbocycles. The number of para-hydroxylation sites is 1. The fraction of sp³-hybridized carbons (Fsp3) is 0.348. The highest BCUT2D eigenvalue weighted by Crippen LogP contribution is 2.28. The van der Waals surface area contributed by atoms with Crippen LogP contribution in [-0.4, -0.2) is 48.6 Å². The fourth-order valence-corrected chi connectivity index (χ4v) is 4.26. The zero-order chi connectivity index (χ0) is 23.3. The number of nitrogens with zero attached hydrogens (tertiary/aromatic N) is 2. The molecule has 8 nitrogen and oxygen atoms in total. The first-order chi connectivity index (χ1) is 15.4. The molecule has 32 heavy (non-hydrogen) atoms. The van der Waals surface area contributed by atoms with Crippen molar-refractivity contribution in [2.45, 2.75) is 30.3 Å². The number of carbonyl (C=O) groups excluding carboxylic acids is 1. The Bertz CT molecular complexity index is 1140. The molecule has 0 saturated heterocycles. The third kappa shape index (κ3) is 5.23. The van der Waals surface area contributed by atoms with Crippen LogP contribution in [-0.2, 0) is 9.53 Å². The predicted octanol–water partition coefficient (Wildman–Crippen LogP) is 3.74. The molecule has 0 aliphatic rings. The zero-order valence-corrected chi connectivity index (χ0v) is 19.6. The Kier molecular flexibility index (Phi) is 7.76. The van der Waals surface area contributed by atoms with Crippen LogP contribution >= 0.6 is 11.8 Å². The van der Waals surface area contributed by atoms with Crippen molar-refractivity contribution in [3.63, 3.8) is 0 Å². The minimum atomic E-state index is -0.527. The van der Waals surface area contributed by atoms with Gasteiger partial charge in [0.2, 0.25) is 5.91 Å². The van der Waals surface area contributed by atoms with Crippen LogP contribution in [0.3, 0.4) is 0 Å². The van der Waals surface area contributed by atoms with Crippen LogP contribution in [0.1, 0.15) is 19.9 Å². The first-order valence-electron chi connectivity index (χ1n) is 10.1. The fourth-order valence-electron chi connectivity index (χ4n) is 3.25. The maximum atomic E-state index is 13.2. The number of rotatable bonds is 9. The number of hydrogen-bond acceptors (Lipinski definition) is 7. The molecule has 0 aliphatic heterocycles. The average Bonchev–Trinajstić information content (AvgIpc) is 2.78. The number of amides is 1. The lowest BCUT2D eigenvalue weighted by molar-refractivity contribution is -0.115. The molecule has 2 aromatic carbocycles. The summed E-state index contributed by atoms with van der Waals surface area (Å²) in [6, 6.07) is 12.1. The Morgan fingerprint density at radius 1 is 1.09 bits per heavy atom. The minimum absolute atomic E-state index is 0.159. The van der Waals surface area contributed by atoms with Gasteiger partial charge in [0.15, 0.2) is 5.16 Å². The molecule has 2 atom stereocenters. The number of benzene rings is 2. The van der Waals surface area contributed by atoms with Crippen molar-refractivity contribution in [2.24, 2.45) is 0 Å². The van der Waals surface area contributed by atoms with Crippen molar-refractivity contribution < 1.29 is 19.0 Å². The molecule has 0 bridgehead atoms. The molecule has 3 aromatic rings. The van der Waals surface area contributed by atoms with Gasteiger partial charge in [0.25, 0.3) is 5.56 Å². The summed E-state index contributed by atoms with van der Waals surface area (Å²) in [5, 5.41) is 3.34. The van der Waals surface area contributed by atoms with E-state index in [9.17, 15) is 9.59 Å². The van der Waals surface area contributed by atoms with E-state index in [4.69, 9.17) is 14.2 Å². The van der Waals surface area contributed by atoms with Crippen LogP contribution in [0.2, 0.25) is 0 Å². The van der Waals surface area contributed by atoms with Crippen molar-refractivity contribution in [2.75, 3.05) is 33.3 Å². The molecule has 1 heterocycles. The molecule has 1 N–H and O–H groups in total. The highest BCUT2D eigenvalue weighted by Gasteiger charge is 2.22. The lowest BCUT2D eigenvalue weighted by atomic mass is 10.2. The normalized spacial score (nSPS) is 12.9. The molecule has 0 fully saturated rings. The van der Waals surface area contributed by atoms with Crippen LogP contribution in [0, 0.1) is 0 Å². The van der Waals surface area contributed by atoms with E-state index in [0.717, 1.165) is 0 Å². The molecule has 1 aromatic heterocycles. The maximum absolute atomic E-state index is 13.2. The van der Waals surface area contributed by atoms with Gasteiger partial charge in [0.1, 0.15) is 11.5 Å². The van der Waals surface area contributed by atoms with Crippen LogP contribution in [0.4, 0.5) is 5.69 Å². The number of methoxy groups -OCH3 is 3. The number of nitrogens with one attached hydrogen (secondary N) is 1. The van der Waals surface area contributed by atoms with E-state index in [1.807, 2.05) is 19.1 Å². The van der Waals surface area contributed by atoms with Crippen LogP contribution in [0.15, 0.2) is 52.4 Å². The van der Waals surface area contributed by atoms with E-state index in [-0.39, 0.29) is 17.5 Å². The molecule has 2 unspecified atom stereocenters. The Morgan fingerprint density at radius 3 is 2.38 bits per heavy atom. The lowest BCUT2D eigenvalue weighted by Crippen LogP contribution is -2.30. The Labute approximate surface area is 190 Å². The number of hydrogen-bond donors (Lipinski definition) is 1. The monoisotopic (exact) mass is 457 g/mol. The molecular weight excluding hydrogens is 430 g/mol. The van der Waals surface area contributed by atoms with Gasteiger partial charge in [0, 0.05) is 31.0 Å². The predicted molar refractivity (Wildman–Crippen MR) is 126 cm³/mol. The third-order valence-corrected chi connectivity index (χ3v) is 5.96. The van der Waals surface area contributed by atoms with Gasteiger partial charge in [-0.2, -0.15) is 0 Å². The number of aromatic nitrogens is 2. The Morgan fingerprint density at radius 2 is 1.75 bits per heavy atom. The van der Waals surface area contributed by atoms with E-state index >= 15 is 0 Å². The third-order valence-electron chi connectivity index (χ3n) is 4.89. The summed E-state index contributed by atoms with van der Waals surface area (Å²) in [4.78, 5) is 30.8. The van der Waals surface area contributed by atoms with Gasteiger partial charge in [0.05, 0.1) is 43.0 Å². The molecule has 9 heteroatoms. The largest absolute Gasteiger partial charge is 0.497 e. The summed E-state index contributed by atoms with van der Waals surface area (Å²) in [5.41, 5.74) is 0.981. The Hall–Kier alpha value is -3.04. The van der Waals surface area contributed by atoms with Crippen LogP contribution in [0.5, 0.6) is 11.5 Å². The summed E-state index contributed by atoms with van der Waals surface area (Å²) >= 11 is 1.22. The zero-order valence-electron chi connectivity index (χ0n) is 18.7. The summed E-state index contributed by atoms with van der Waals surface area (Å²) in [6.07, 6.45) is 0. The molecule has 170 valence electrons. The van der Waals surface area contributed by atoms with Crippen molar-refractivity contribution in [3.8, 4) is 11.5 Å². The minimum Gasteiger partial charge on any atom is -0.497 e. The van der Waals surface area contributed by atoms with Crippen molar-refractivity contribution in [1.82, 2.24) is 9.55 Å². The number of anilines is 1. The van der Waals surface area contributed by atoms with Crippen molar-refractivity contribution in [1.29, 1.82) is 0 Å². The number of carbonyl (C=O) groups is 1. The van der Waals surface area contributed by atoms with E-state index in [1.165, 1.54) is 11.8 Å². The number of fused-ring (bicyclic) bond motifs is 1. The SMILES string of the molecule is COCC(C)n1c(SC(C)C(=O)Nc2cc(OC)cc(OC)c2)nc2ccccc2c1=O. The van der Waals surface area contributed by atoms with Gasteiger partial charge in [-0.3, -0.25) is 14.2 Å². The van der Waals surface area contributed by atoms with Gasteiger partial charge >= 0.3 is 0 Å². The highest BCUT2D eigenvalue weighted by atomic mass is 32.2. The lowest BCUT2D eigenvalue weighted by Gasteiger charge is -2.20. The van der Waals surface area contributed by atoms with E-state index in [2.05, 4.69) is 10.3 Å². The average molecular weight is 458 g/mol. The Balaban J connectivity index is 1.90. The van der Waals surface area contributed by atoms with Crippen molar-refractivity contribution in [3.05, 3.63) is 52.8 Å². The molecule has 0 spiro atoms. The van der Waals surface area contributed by atoms with Gasteiger partial charge in [-0.1, -0.05) is 23.9 Å². The maximum Gasteiger partial charge on any atom is 0.262 e. The summed E-state index contributed by atoms with van der Waals surface area (Å²) in [7, 11) is 4.68. The van der Waals surface area contributed by atoms with Crippen LogP contribution < -0.4 is 20.3 Å². The second kappa shape index (κ2) is 10.5. The van der Waals surface area contributed by atoms with Crippen molar-refractivity contribution >= 4 is 34.3 Å². The second-order valence-electron chi connectivity index (χ2n) is 7.24. The van der Waals surface area contributed by atoms with Crippen LogP contribution in [0.25, 0.3) is 10.9 Å². The van der Waals surface area contributed by atoms with Gasteiger partial charge in [-0.25, -0.2) is 4.98 Å².